The Labute approximate surface area is 135 Å². The highest BCUT2D eigenvalue weighted by atomic mass is 16.3. The standard InChI is InChI=1S/C19H19NO3/c1-2-3-6-11-20-15-10-9-14-16(19(15)23)18(22)13-8-5-4-7-12(13)17(14)21/h4-5,7-10,20,23H,2-3,6,11H2,1H3. The molecule has 4 nitrogen and oxygen atoms in total. The number of aromatic hydroxyl groups is 1. The van der Waals surface area contributed by atoms with E-state index >= 15 is 0 Å². The largest absolute Gasteiger partial charge is 0.505 e. The Hall–Kier alpha value is -2.62. The van der Waals surface area contributed by atoms with Crippen molar-refractivity contribution in [1.29, 1.82) is 0 Å². The smallest absolute Gasteiger partial charge is 0.198 e. The highest BCUT2D eigenvalue weighted by Crippen LogP contribution is 2.37. The number of benzene rings is 2. The Morgan fingerprint density at radius 2 is 1.61 bits per heavy atom. The second-order valence-corrected chi connectivity index (χ2v) is 5.72. The lowest BCUT2D eigenvalue weighted by molar-refractivity contribution is 0.0977. The number of phenols is 1. The summed E-state index contributed by atoms with van der Waals surface area (Å²) >= 11 is 0. The van der Waals surface area contributed by atoms with Crippen molar-refractivity contribution in [2.24, 2.45) is 0 Å². The summed E-state index contributed by atoms with van der Waals surface area (Å²) in [6.07, 6.45) is 3.20. The van der Waals surface area contributed by atoms with Crippen molar-refractivity contribution < 1.29 is 14.7 Å². The molecular weight excluding hydrogens is 290 g/mol. The van der Waals surface area contributed by atoms with Crippen molar-refractivity contribution in [2.75, 3.05) is 11.9 Å². The van der Waals surface area contributed by atoms with Crippen molar-refractivity contribution >= 4 is 17.3 Å². The molecular formula is C19H19NO3. The van der Waals surface area contributed by atoms with E-state index in [0.717, 1.165) is 25.8 Å². The lowest BCUT2D eigenvalue weighted by atomic mass is 9.83. The molecule has 0 bridgehead atoms. The summed E-state index contributed by atoms with van der Waals surface area (Å²) in [4.78, 5) is 25.2. The molecule has 0 saturated carbocycles. The molecule has 3 rings (SSSR count). The minimum absolute atomic E-state index is 0.106. The van der Waals surface area contributed by atoms with Crippen LogP contribution < -0.4 is 5.32 Å². The molecule has 2 N–H and O–H groups in total. The monoisotopic (exact) mass is 309 g/mol. The highest BCUT2D eigenvalue weighted by Gasteiger charge is 2.32. The molecule has 23 heavy (non-hydrogen) atoms. The number of nitrogens with one attached hydrogen (secondary N) is 1. The van der Waals surface area contributed by atoms with Crippen LogP contribution >= 0.6 is 0 Å². The van der Waals surface area contributed by atoms with Crippen molar-refractivity contribution in [3.8, 4) is 5.75 Å². The minimum atomic E-state index is -0.301. The molecule has 0 heterocycles. The summed E-state index contributed by atoms with van der Waals surface area (Å²) < 4.78 is 0. The SMILES string of the molecule is CCCCCNc1ccc2c(c1O)C(=O)c1ccccc1C2=O. The van der Waals surface area contributed by atoms with Crippen LogP contribution in [0.5, 0.6) is 5.75 Å². The van der Waals surface area contributed by atoms with E-state index < -0.39 is 0 Å². The van der Waals surface area contributed by atoms with Crippen LogP contribution in [0.25, 0.3) is 0 Å². The zero-order chi connectivity index (χ0) is 16.4. The number of fused-ring (bicyclic) bond motifs is 2. The van der Waals surface area contributed by atoms with Crippen molar-refractivity contribution in [3.63, 3.8) is 0 Å². The lowest BCUT2D eigenvalue weighted by Gasteiger charge is -2.20. The maximum atomic E-state index is 12.7. The topological polar surface area (TPSA) is 66.4 Å². The van der Waals surface area contributed by atoms with Crippen molar-refractivity contribution in [3.05, 3.63) is 58.7 Å². The molecule has 0 saturated heterocycles. The van der Waals surface area contributed by atoms with Gasteiger partial charge >= 0.3 is 0 Å². The molecule has 0 atom stereocenters. The Bertz CT molecular complexity index is 780. The van der Waals surface area contributed by atoms with Crippen LogP contribution in [0.1, 0.15) is 58.0 Å². The van der Waals surface area contributed by atoms with E-state index in [9.17, 15) is 14.7 Å². The molecule has 1 aliphatic carbocycles. The summed E-state index contributed by atoms with van der Waals surface area (Å²) in [7, 11) is 0. The van der Waals surface area contributed by atoms with Crippen LogP contribution in [-0.4, -0.2) is 23.2 Å². The van der Waals surface area contributed by atoms with Crippen LogP contribution in [0.4, 0.5) is 5.69 Å². The minimum Gasteiger partial charge on any atom is -0.505 e. The first kappa shape index (κ1) is 15.3. The molecule has 0 fully saturated rings. The van der Waals surface area contributed by atoms with E-state index in [1.54, 1.807) is 36.4 Å². The Kier molecular flexibility index (Phi) is 4.15. The zero-order valence-electron chi connectivity index (χ0n) is 13.1. The van der Waals surface area contributed by atoms with Gasteiger partial charge in [-0.05, 0) is 18.6 Å². The molecule has 0 unspecified atom stereocenters. The van der Waals surface area contributed by atoms with Crippen molar-refractivity contribution in [2.45, 2.75) is 26.2 Å². The normalized spacial score (nSPS) is 12.7. The predicted octanol–water partition coefficient (Wildman–Crippen LogP) is 3.77. The van der Waals surface area contributed by atoms with Crippen molar-refractivity contribution in [1.82, 2.24) is 0 Å². The second kappa shape index (κ2) is 6.24. The predicted molar refractivity (Wildman–Crippen MR) is 89.4 cm³/mol. The lowest BCUT2D eigenvalue weighted by Crippen LogP contribution is -2.21. The molecule has 2 aromatic carbocycles. The van der Waals surface area contributed by atoms with Gasteiger partial charge in [0.15, 0.2) is 17.3 Å². The number of ketones is 2. The van der Waals surface area contributed by atoms with Gasteiger partial charge < -0.3 is 10.4 Å². The summed E-state index contributed by atoms with van der Waals surface area (Å²) in [5.74, 6) is -0.653. The van der Waals surface area contributed by atoms with Crippen LogP contribution in [0.15, 0.2) is 36.4 Å². The van der Waals surface area contributed by atoms with Crippen LogP contribution in [0.2, 0.25) is 0 Å². The van der Waals surface area contributed by atoms with E-state index in [-0.39, 0.29) is 28.4 Å². The number of hydrogen-bond acceptors (Lipinski definition) is 4. The van der Waals surface area contributed by atoms with Gasteiger partial charge in [0.25, 0.3) is 0 Å². The maximum Gasteiger partial charge on any atom is 0.198 e. The van der Waals surface area contributed by atoms with E-state index in [1.807, 2.05) is 0 Å². The van der Waals surface area contributed by atoms with Gasteiger partial charge in [0.1, 0.15) is 0 Å². The van der Waals surface area contributed by atoms with E-state index in [4.69, 9.17) is 0 Å². The van der Waals surface area contributed by atoms with Gasteiger partial charge in [0.2, 0.25) is 0 Å². The number of rotatable bonds is 5. The Balaban J connectivity index is 1.98. The number of carbonyl (C=O) groups excluding carboxylic acids is 2. The first-order valence-electron chi connectivity index (χ1n) is 7.93. The first-order valence-corrected chi connectivity index (χ1v) is 7.93. The number of unbranched alkanes of at least 4 members (excludes halogenated alkanes) is 2. The second-order valence-electron chi connectivity index (χ2n) is 5.72. The third kappa shape index (κ3) is 2.61. The fourth-order valence-electron chi connectivity index (χ4n) is 2.91. The Morgan fingerprint density at radius 3 is 2.30 bits per heavy atom. The number of phenolic OH excluding ortho intramolecular Hbond substituents is 1. The van der Waals surface area contributed by atoms with Gasteiger partial charge in [-0.15, -0.1) is 0 Å². The van der Waals surface area contributed by atoms with Gasteiger partial charge in [0.05, 0.1) is 11.3 Å². The number of anilines is 1. The summed E-state index contributed by atoms with van der Waals surface area (Å²) in [6, 6.07) is 10.0. The third-order valence-electron chi connectivity index (χ3n) is 4.16. The molecule has 4 heteroatoms. The van der Waals surface area contributed by atoms with E-state index in [0.29, 0.717) is 16.8 Å². The molecule has 0 amide bonds. The molecule has 0 aromatic heterocycles. The average molecular weight is 309 g/mol. The zero-order valence-corrected chi connectivity index (χ0v) is 13.1. The Morgan fingerprint density at radius 1 is 0.913 bits per heavy atom. The molecule has 118 valence electrons. The molecule has 0 spiro atoms. The third-order valence-corrected chi connectivity index (χ3v) is 4.16. The van der Waals surface area contributed by atoms with E-state index in [2.05, 4.69) is 12.2 Å². The van der Waals surface area contributed by atoms with E-state index in [1.165, 1.54) is 0 Å². The highest BCUT2D eigenvalue weighted by molar-refractivity contribution is 6.29. The summed E-state index contributed by atoms with van der Waals surface area (Å²) in [5.41, 5.74) is 1.62. The average Bonchev–Trinajstić information content (AvgIpc) is 2.57. The van der Waals surface area contributed by atoms with Crippen LogP contribution in [-0.2, 0) is 0 Å². The molecule has 1 aliphatic rings. The molecule has 0 radical (unpaired) electrons. The van der Waals surface area contributed by atoms with Gasteiger partial charge in [-0.2, -0.15) is 0 Å². The van der Waals surface area contributed by atoms with Gasteiger partial charge in [-0.25, -0.2) is 0 Å². The number of hydrogen-bond donors (Lipinski definition) is 2. The summed E-state index contributed by atoms with van der Waals surface area (Å²) in [5, 5.41) is 13.6. The van der Waals surface area contributed by atoms with Gasteiger partial charge in [-0.1, -0.05) is 44.0 Å². The quantitative estimate of drug-likeness (QED) is 0.556. The number of carbonyl (C=O) groups is 2. The molecule has 0 aliphatic heterocycles. The summed E-state index contributed by atoms with van der Waals surface area (Å²) in [6.45, 7) is 2.84. The first-order chi connectivity index (χ1) is 11.1. The fraction of sp³-hybridized carbons (Fsp3) is 0.263. The van der Waals surface area contributed by atoms with Crippen LogP contribution in [0.3, 0.4) is 0 Å². The fourth-order valence-corrected chi connectivity index (χ4v) is 2.91. The van der Waals surface area contributed by atoms with Gasteiger partial charge in [0, 0.05) is 23.2 Å². The van der Waals surface area contributed by atoms with Gasteiger partial charge in [-0.3, -0.25) is 9.59 Å². The maximum absolute atomic E-state index is 12.7. The molecule has 2 aromatic rings. The van der Waals surface area contributed by atoms with Crippen LogP contribution in [0, 0.1) is 0 Å².